The first kappa shape index (κ1) is 14.3. The summed E-state index contributed by atoms with van der Waals surface area (Å²) in [5, 5.41) is 0. The van der Waals surface area contributed by atoms with Crippen LogP contribution in [0, 0.1) is 5.92 Å². The summed E-state index contributed by atoms with van der Waals surface area (Å²) in [4.78, 5) is 20.4. The summed E-state index contributed by atoms with van der Waals surface area (Å²) in [5.74, 6) is -0.149. The number of sulfone groups is 1. The fourth-order valence-corrected chi connectivity index (χ4v) is 4.72. The predicted molar refractivity (Wildman–Crippen MR) is 79.8 cm³/mol. The van der Waals surface area contributed by atoms with Crippen LogP contribution in [0.1, 0.15) is 6.42 Å². The molecule has 0 bridgehead atoms. The lowest BCUT2D eigenvalue weighted by Gasteiger charge is -2.37. The van der Waals surface area contributed by atoms with Crippen LogP contribution >= 0.6 is 0 Å². The number of pyridine rings is 1. The highest BCUT2D eigenvalue weighted by molar-refractivity contribution is 7.91. The van der Waals surface area contributed by atoms with Crippen LogP contribution in [0.3, 0.4) is 0 Å². The van der Waals surface area contributed by atoms with Gasteiger partial charge in [0.25, 0.3) is 0 Å². The van der Waals surface area contributed by atoms with E-state index >= 15 is 0 Å². The van der Waals surface area contributed by atoms with Gasteiger partial charge < -0.3 is 9.80 Å². The quantitative estimate of drug-likeness (QED) is 0.778. The Balaban J connectivity index is 1.57. The summed E-state index contributed by atoms with van der Waals surface area (Å²) < 4.78 is 23.0. The summed E-state index contributed by atoms with van der Waals surface area (Å²) in [6, 6.07) is 3.92. The van der Waals surface area contributed by atoms with Crippen LogP contribution < -0.4 is 4.90 Å². The second-order valence-corrected chi connectivity index (χ2v) is 7.85. The molecule has 2 fully saturated rings. The minimum absolute atomic E-state index is 0.00505. The number of aromatic nitrogens is 1. The molecule has 21 heavy (non-hydrogen) atoms. The van der Waals surface area contributed by atoms with Crippen LogP contribution in [0.25, 0.3) is 0 Å². The van der Waals surface area contributed by atoms with E-state index in [1.54, 1.807) is 12.4 Å². The molecular formula is C14H19N3O3S. The van der Waals surface area contributed by atoms with E-state index in [4.69, 9.17) is 0 Å². The first-order chi connectivity index (χ1) is 10.1. The van der Waals surface area contributed by atoms with E-state index in [0.29, 0.717) is 19.5 Å². The number of hydrogen-bond acceptors (Lipinski definition) is 5. The third-order valence-corrected chi connectivity index (χ3v) is 5.97. The Morgan fingerprint density at radius 1 is 1.14 bits per heavy atom. The molecule has 1 aromatic rings. The Morgan fingerprint density at radius 2 is 1.81 bits per heavy atom. The molecule has 1 unspecified atom stereocenters. The van der Waals surface area contributed by atoms with Gasteiger partial charge in [0.2, 0.25) is 5.91 Å². The smallest absolute Gasteiger partial charge is 0.226 e. The number of carbonyl (C=O) groups excluding carboxylic acids is 1. The van der Waals surface area contributed by atoms with Crippen molar-refractivity contribution in [2.75, 3.05) is 42.6 Å². The van der Waals surface area contributed by atoms with Crippen molar-refractivity contribution < 1.29 is 13.2 Å². The van der Waals surface area contributed by atoms with Crippen molar-refractivity contribution in [3.05, 3.63) is 24.5 Å². The van der Waals surface area contributed by atoms with Crippen LogP contribution in [-0.2, 0) is 14.6 Å². The third-order valence-electron chi connectivity index (χ3n) is 4.20. The summed E-state index contributed by atoms with van der Waals surface area (Å²) in [6.07, 6.45) is 4.00. The van der Waals surface area contributed by atoms with Crippen molar-refractivity contribution in [2.45, 2.75) is 6.42 Å². The second kappa shape index (κ2) is 5.63. The Labute approximate surface area is 124 Å². The Kier molecular flexibility index (Phi) is 3.84. The number of carbonyl (C=O) groups is 1. The molecule has 0 radical (unpaired) electrons. The van der Waals surface area contributed by atoms with Crippen LogP contribution in [0.15, 0.2) is 24.5 Å². The number of hydrogen-bond donors (Lipinski definition) is 0. The number of amides is 1. The van der Waals surface area contributed by atoms with E-state index in [1.165, 1.54) is 0 Å². The van der Waals surface area contributed by atoms with E-state index in [1.807, 2.05) is 17.0 Å². The lowest BCUT2D eigenvalue weighted by Crippen LogP contribution is -2.50. The van der Waals surface area contributed by atoms with E-state index in [9.17, 15) is 13.2 Å². The van der Waals surface area contributed by atoms with Crippen molar-refractivity contribution in [3.8, 4) is 0 Å². The van der Waals surface area contributed by atoms with Crippen molar-refractivity contribution in [3.63, 3.8) is 0 Å². The van der Waals surface area contributed by atoms with Crippen molar-refractivity contribution in [2.24, 2.45) is 5.92 Å². The Bertz CT molecular complexity index is 610. The zero-order valence-electron chi connectivity index (χ0n) is 11.8. The van der Waals surface area contributed by atoms with Crippen LogP contribution in [0.2, 0.25) is 0 Å². The molecule has 0 N–H and O–H groups in total. The molecule has 2 saturated heterocycles. The zero-order valence-corrected chi connectivity index (χ0v) is 12.6. The van der Waals surface area contributed by atoms with Crippen LogP contribution in [-0.4, -0.2) is 61.9 Å². The van der Waals surface area contributed by atoms with Gasteiger partial charge in [-0.05, 0) is 18.6 Å². The minimum atomic E-state index is -3.00. The van der Waals surface area contributed by atoms with Gasteiger partial charge in [0.1, 0.15) is 0 Å². The van der Waals surface area contributed by atoms with Gasteiger partial charge >= 0.3 is 0 Å². The zero-order chi connectivity index (χ0) is 14.9. The molecule has 7 heteroatoms. The number of anilines is 1. The van der Waals surface area contributed by atoms with Crippen molar-refractivity contribution in [1.82, 2.24) is 9.88 Å². The molecule has 0 spiro atoms. The average Bonchev–Trinajstić information content (AvgIpc) is 2.88. The molecule has 0 aromatic carbocycles. The molecule has 3 heterocycles. The molecular weight excluding hydrogens is 290 g/mol. The van der Waals surface area contributed by atoms with Gasteiger partial charge in [-0.15, -0.1) is 0 Å². The highest BCUT2D eigenvalue weighted by atomic mass is 32.2. The maximum atomic E-state index is 12.4. The van der Waals surface area contributed by atoms with Crippen LogP contribution in [0.4, 0.5) is 5.69 Å². The molecule has 1 amide bonds. The minimum Gasteiger partial charge on any atom is -0.368 e. The Hall–Kier alpha value is -1.63. The monoisotopic (exact) mass is 309 g/mol. The number of nitrogens with zero attached hydrogens (tertiary/aromatic N) is 3. The maximum Gasteiger partial charge on any atom is 0.226 e. The molecule has 1 aromatic heterocycles. The summed E-state index contributed by atoms with van der Waals surface area (Å²) in [6.45, 7) is 2.85. The fourth-order valence-electron chi connectivity index (χ4n) is 2.99. The van der Waals surface area contributed by atoms with Crippen molar-refractivity contribution in [1.29, 1.82) is 0 Å². The fraction of sp³-hybridized carbons (Fsp3) is 0.571. The van der Waals surface area contributed by atoms with E-state index in [-0.39, 0.29) is 23.3 Å². The van der Waals surface area contributed by atoms with Gasteiger partial charge in [0, 0.05) is 44.3 Å². The third kappa shape index (κ3) is 3.18. The summed E-state index contributed by atoms with van der Waals surface area (Å²) in [7, 11) is -3.00. The summed E-state index contributed by atoms with van der Waals surface area (Å²) >= 11 is 0. The van der Waals surface area contributed by atoms with E-state index in [2.05, 4.69) is 9.88 Å². The molecule has 2 aliphatic heterocycles. The highest BCUT2D eigenvalue weighted by Crippen LogP contribution is 2.22. The molecule has 114 valence electrons. The van der Waals surface area contributed by atoms with Gasteiger partial charge in [-0.1, -0.05) is 0 Å². The Morgan fingerprint density at radius 3 is 2.38 bits per heavy atom. The lowest BCUT2D eigenvalue weighted by atomic mass is 10.1. The molecule has 6 nitrogen and oxygen atoms in total. The first-order valence-electron chi connectivity index (χ1n) is 7.19. The largest absolute Gasteiger partial charge is 0.368 e. The number of rotatable bonds is 2. The molecule has 2 aliphatic rings. The van der Waals surface area contributed by atoms with Crippen LogP contribution in [0.5, 0.6) is 0 Å². The molecule has 0 aliphatic carbocycles. The topological polar surface area (TPSA) is 70.6 Å². The lowest BCUT2D eigenvalue weighted by molar-refractivity contribution is -0.135. The van der Waals surface area contributed by atoms with E-state index < -0.39 is 9.84 Å². The van der Waals surface area contributed by atoms with Gasteiger partial charge in [-0.3, -0.25) is 9.78 Å². The SMILES string of the molecule is O=C(C1CCS(=O)(=O)C1)N1CCN(c2ccncc2)CC1. The molecule has 1 atom stereocenters. The number of piperazine rings is 1. The first-order valence-corrected chi connectivity index (χ1v) is 9.01. The molecule has 3 rings (SSSR count). The average molecular weight is 309 g/mol. The predicted octanol–water partition coefficient (Wildman–Crippen LogP) is 0.165. The second-order valence-electron chi connectivity index (χ2n) is 5.62. The highest BCUT2D eigenvalue weighted by Gasteiger charge is 2.36. The van der Waals surface area contributed by atoms with Crippen molar-refractivity contribution >= 4 is 21.4 Å². The maximum absolute atomic E-state index is 12.4. The molecule has 0 saturated carbocycles. The normalized spacial score (nSPS) is 25.0. The van der Waals surface area contributed by atoms with E-state index in [0.717, 1.165) is 18.8 Å². The standard InChI is InChI=1S/C14H19N3O3S/c18-14(12-3-10-21(19,20)11-12)17-8-6-16(7-9-17)13-1-4-15-5-2-13/h1-2,4-5,12H,3,6-11H2. The van der Waals surface area contributed by atoms with Gasteiger partial charge in [-0.25, -0.2) is 8.42 Å². The van der Waals surface area contributed by atoms with Gasteiger partial charge in [0.15, 0.2) is 9.84 Å². The summed E-state index contributed by atoms with van der Waals surface area (Å²) in [5.41, 5.74) is 1.11. The van der Waals surface area contributed by atoms with Gasteiger partial charge in [0.05, 0.1) is 17.4 Å². The van der Waals surface area contributed by atoms with Gasteiger partial charge in [-0.2, -0.15) is 0 Å².